The van der Waals surface area contributed by atoms with Crippen LogP contribution in [-0.2, 0) is 13.2 Å². The molecule has 0 saturated heterocycles. The summed E-state index contributed by atoms with van der Waals surface area (Å²) in [6.45, 7) is 0. The number of benzene rings is 1. The van der Waals surface area contributed by atoms with Gasteiger partial charge in [0.05, 0.1) is 11.8 Å². The SMILES string of the molecule is Cn1ncc(-c2ccc(C(F)(F)F)cc2)n1. The normalized spacial score (nSPS) is 11.8. The monoisotopic (exact) mass is 227 g/mol. The molecule has 0 saturated carbocycles. The van der Waals surface area contributed by atoms with Crippen LogP contribution in [0.1, 0.15) is 5.56 Å². The Balaban J connectivity index is 2.33. The Hall–Kier alpha value is -1.85. The third kappa shape index (κ3) is 2.05. The second-order valence-electron chi connectivity index (χ2n) is 3.29. The molecule has 2 aromatic rings. The molecule has 0 aliphatic carbocycles. The Bertz CT molecular complexity index is 485. The predicted octanol–water partition coefficient (Wildman–Crippen LogP) is 2.50. The van der Waals surface area contributed by atoms with Crippen molar-refractivity contribution >= 4 is 0 Å². The average molecular weight is 227 g/mol. The van der Waals surface area contributed by atoms with Gasteiger partial charge in [-0.05, 0) is 12.1 Å². The molecule has 16 heavy (non-hydrogen) atoms. The van der Waals surface area contributed by atoms with Gasteiger partial charge < -0.3 is 0 Å². The van der Waals surface area contributed by atoms with Gasteiger partial charge in [0.15, 0.2) is 0 Å². The standard InChI is InChI=1S/C10H8F3N3/c1-16-14-6-9(15-16)7-2-4-8(5-3-7)10(11,12)13/h2-6H,1H3. The number of rotatable bonds is 1. The lowest BCUT2D eigenvalue weighted by atomic mass is 10.1. The van der Waals surface area contributed by atoms with Gasteiger partial charge in [-0.2, -0.15) is 28.2 Å². The van der Waals surface area contributed by atoms with Crippen molar-refractivity contribution < 1.29 is 13.2 Å². The highest BCUT2D eigenvalue weighted by Crippen LogP contribution is 2.30. The maximum absolute atomic E-state index is 12.3. The Morgan fingerprint density at radius 2 is 1.75 bits per heavy atom. The first-order chi connectivity index (χ1) is 7.47. The van der Waals surface area contributed by atoms with Crippen molar-refractivity contribution in [2.45, 2.75) is 6.18 Å². The number of aromatic nitrogens is 3. The second-order valence-corrected chi connectivity index (χ2v) is 3.29. The van der Waals surface area contributed by atoms with E-state index >= 15 is 0 Å². The minimum absolute atomic E-state index is 0.552. The molecule has 0 fully saturated rings. The lowest BCUT2D eigenvalue weighted by Gasteiger charge is -2.06. The molecule has 0 aliphatic rings. The maximum Gasteiger partial charge on any atom is 0.416 e. The number of hydrogen-bond donors (Lipinski definition) is 0. The second kappa shape index (κ2) is 3.62. The summed E-state index contributed by atoms with van der Waals surface area (Å²) >= 11 is 0. The van der Waals surface area contributed by atoms with E-state index in [1.54, 1.807) is 7.05 Å². The molecule has 0 bridgehead atoms. The Morgan fingerprint density at radius 3 is 2.19 bits per heavy atom. The van der Waals surface area contributed by atoms with Crippen LogP contribution in [0, 0.1) is 0 Å². The van der Waals surface area contributed by atoms with Gasteiger partial charge in [0.25, 0.3) is 0 Å². The van der Waals surface area contributed by atoms with Gasteiger partial charge in [-0.1, -0.05) is 12.1 Å². The van der Waals surface area contributed by atoms with Gasteiger partial charge in [-0.3, -0.25) is 0 Å². The highest BCUT2D eigenvalue weighted by molar-refractivity contribution is 5.58. The first-order valence-corrected chi connectivity index (χ1v) is 4.51. The van der Waals surface area contributed by atoms with Crippen LogP contribution in [0.15, 0.2) is 30.5 Å². The molecule has 1 aromatic heterocycles. The van der Waals surface area contributed by atoms with Crippen molar-refractivity contribution in [1.29, 1.82) is 0 Å². The smallest absolute Gasteiger partial charge is 0.187 e. The van der Waals surface area contributed by atoms with E-state index in [2.05, 4.69) is 10.2 Å². The quantitative estimate of drug-likeness (QED) is 0.749. The third-order valence-corrected chi connectivity index (χ3v) is 2.11. The molecule has 84 valence electrons. The Morgan fingerprint density at radius 1 is 1.12 bits per heavy atom. The molecule has 1 heterocycles. The molecule has 0 aliphatic heterocycles. The lowest BCUT2D eigenvalue weighted by Crippen LogP contribution is -2.04. The molecule has 3 nitrogen and oxygen atoms in total. The molecule has 0 amide bonds. The number of nitrogens with zero attached hydrogens (tertiary/aromatic N) is 3. The van der Waals surface area contributed by atoms with Crippen LogP contribution in [0.2, 0.25) is 0 Å². The van der Waals surface area contributed by atoms with E-state index in [-0.39, 0.29) is 0 Å². The summed E-state index contributed by atoms with van der Waals surface area (Å²) in [5.41, 5.74) is 0.498. The summed E-state index contributed by atoms with van der Waals surface area (Å²) < 4.78 is 36.9. The van der Waals surface area contributed by atoms with Gasteiger partial charge in [0.1, 0.15) is 5.69 Å². The lowest BCUT2D eigenvalue weighted by molar-refractivity contribution is -0.137. The highest BCUT2D eigenvalue weighted by atomic mass is 19.4. The zero-order valence-corrected chi connectivity index (χ0v) is 8.36. The van der Waals surface area contributed by atoms with Gasteiger partial charge >= 0.3 is 6.18 Å². The fourth-order valence-electron chi connectivity index (χ4n) is 1.31. The summed E-state index contributed by atoms with van der Waals surface area (Å²) in [5, 5.41) is 7.84. The fraction of sp³-hybridized carbons (Fsp3) is 0.200. The van der Waals surface area contributed by atoms with Crippen LogP contribution in [0.3, 0.4) is 0 Å². The van der Waals surface area contributed by atoms with E-state index < -0.39 is 11.7 Å². The Labute approximate surface area is 89.5 Å². The van der Waals surface area contributed by atoms with Crippen LogP contribution in [0.5, 0.6) is 0 Å². The molecule has 0 spiro atoms. The maximum atomic E-state index is 12.3. The fourth-order valence-corrected chi connectivity index (χ4v) is 1.31. The number of aryl methyl sites for hydroxylation is 1. The van der Waals surface area contributed by atoms with Crippen molar-refractivity contribution in [3.63, 3.8) is 0 Å². The van der Waals surface area contributed by atoms with Crippen molar-refractivity contribution in [2.24, 2.45) is 7.05 Å². The van der Waals surface area contributed by atoms with Crippen molar-refractivity contribution in [2.75, 3.05) is 0 Å². The number of alkyl halides is 3. The van der Waals surface area contributed by atoms with Gasteiger partial charge in [-0.25, -0.2) is 0 Å². The largest absolute Gasteiger partial charge is 0.416 e. The Kier molecular flexibility index (Phi) is 2.41. The van der Waals surface area contributed by atoms with Crippen LogP contribution in [-0.4, -0.2) is 15.0 Å². The summed E-state index contributed by atoms with van der Waals surface area (Å²) in [4.78, 5) is 1.35. The molecular formula is C10H8F3N3. The molecule has 0 radical (unpaired) electrons. The van der Waals surface area contributed by atoms with Crippen molar-refractivity contribution in [1.82, 2.24) is 15.0 Å². The number of hydrogen-bond acceptors (Lipinski definition) is 2. The van der Waals surface area contributed by atoms with E-state index in [1.165, 1.54) is 23.1 Å². The molecule has 2 rings (SSSR count). The molecule has 6 heteroatoms. The third-order valence-electron chi connectivity index (χ3n) is 2.11. The summed E-state index contributed by atoms with van der Waals surface area (Å²) in [6, 6.07) is 4.83. The first kappa shape index (κ1) is 10.7. The van der Waals surface area contributed by atoms with E-state index in [9.17, 15) is 13.2 Å². The average Bonchev–Trinajstić information content (AvgIpc) is 2.64. The highest BCUT2D eigenvalue weighted by Gasteiger charge is 2.29. The van der Waals surface area contributed by atoms with Gasteiger partial charge in [-0.15, -0.1) is 0 Å². The minimum Gasteiger partial charge on any atom is -0.187 e. The van der Waals surface area contributed by atoms with Crippen molar-refractivity contribution in [3.8, 4) is 11.3 Å². The van der Waals surface area contributed by atoms with Crippen LogP contribution in [0.4, 0.5) is 13.2 Å². The van der Waals surface area contributed by atoms with E-state index in [0.717, 1.165) is 12.1 Å². The van der Waals surface area contributed by atoms with Crippen LogP contribution in [0.25, 0.3) is 11.3 Å². The molecule has 1 aromatic carbocycles. The molecule has 0 N–H and O–H groups in total. The topological polar surface area (TPSA) is 30.7 Å². The summed E-state index contributed by atoms with van der Waals surface area (Å²) in [6.07, 6.45) is -2.80. The van der Waals surface area contributed by atoms with E-state index in [0.29, 0.717) is 11.3 Å². The molecule has 0 atom stereocenters. The van der Waals surface area contributed by atoms with Crippen LogP contribution < -0.4 is 0 Å². The van der Waals surface area contributed by atoms with Gasteiger partial charge in [0.2, 0.25) is 0 Å². The minimum atomic E-state index is -4.30. The van der Waals surface area contributed by atoms with E-state index in [4.69, 9.17) is 0 Å². The van der Waals surface area contributed by atoms with Gasteiger partial charge in [0, 0.05) is 12.6 Å². The zero-order chi connectivity index (χ0) is 11.8. The van der Waals surface area contributed by atoms with E-state index in [1.807, 2.05) is 0 Å². The predicted molar refractivity (Wildman–Crippen MR) is 51.4 cm³/mol. The summed E-state index contributed by atoms with van der Waals surface area (Å²) in [7, 11) is 1.65. The first-order valence-electron chi connectivity index (χ1n) is 4.51. The van der Waals surface area contributed by atoms with Crippen LogP contribution >= 0.6 is 0 Å². The number of halogens is 3. The molecular weight excluding hydrogens is 219 g/mol. The van der Waals surface area contributed by atoms with Crippen molar-refractivity contribution in [3.05, 3.63) is 36.0 Å². The zero-order valence-electron chi connectivity index (χ0n) is 8.36. The summed E-state index contributed by atoms with van der Waals surface area (Å²) in [5.74, 6) is 0. The molecule has 0 unspecified atom stereocenters.